The Morgan fingerprint density at radius 1 is 1.17 bits per heavy atom. The molecule has 0 bridgehead atoms. The highest BCUT2D eigenvalue weighted by Crippen LogP contribution is 2.17. The zero-order valence-corrected chi connectivity index (χ0v) is 10.2. The molecule has 0 saturated carbocycles. The highest BCUT2D eigenvalue weighted by molar-refractivity contribution is 6.31. The summed E-state index contributed by atoms with van der Waals surface area (Å²) in [7, 11) is 0. The number of nitrogens with one attached hydrogen (secondary N) is 1. The van der Waals surface area contributed by atoms with Crippen LogP contribution < -0.4 is 5.32 Å². The Labute approximate surface area is 109 Å². The third-order valence-corrected chi connectivity index (χ3v) is 2.84. The van der Waals surface area contributed by atoms with Gasteiger partial charge in [0.2, 0.25) is 0 Å². The van der Waals surface area contributed by atoms with Crippen molar-refractivity contribution >= 4 is 17.5 Å². The monoisotopic (exact) mass is 263 g/mol. The van der Waals surface area contributed by atoms with Crippen LogP contribution in [0.5, 0.6) is 0 Å². The van der Waals surface area contributed by atoms with Crippen LogP contribution in [0.4, 0.5) is 4.39 Å². The van der Waals surface area contributed by atoms with Gasteiger partial charge in [0.1, 0.15) is 5.82 Å². The van der Waals surface area contributed by atoms with Crippen LogP contribution in [0, 0.1) is 5.82 Å². The molecule has 0 fully saturated rings. The van der Waals surface area contributed by atoms with Crippen molar-refractivity contribution in [3.05, 3.63) is 70.5 Å². The third-order valence-electron chi connectivity index (χ3n) is 2.49. The first-order valence-corrected chi connectivity index (χ1v) is 5.82. The number of carbonyl (C=O) groups is 1. The summed E-state index contributed by atoms with van der Waals surface area (Å²) in [5, 5.41) is 3.04. The van der Waals surface area contributed by atoms with E-state index >= 15 is 0 Å². The summed E-state index contributed by atoms with van der Waals surface area (Å²) in [6.07, 6.45) is 0. The van der Waals surface area contributed by atoms with Crippen LogP contribution in [-0.4, -0.2) is 5.91 Å². The first-order valence-electron chi connectivity index (χ1n) is 5.44. The standard InChI is InChI=1S/C14H11ClFNO/c15-13-8-12(16)7-6-11(13)9-17-14(18)10-4-2-1-3-5-10/h1-8H,9H2,(H,17,18). The zero-order valence-electron chi connectivity index (χ0n) is 9.49. The molecule has 0 aliphatic rings. The molecule has 2 rings (SSSR count). The van der Waals surface area contributed by atoms with Crippen LogP contribution in [0.3, 0.4) is 0 Å². The largest absolute Gasteiger partial charge is 0.348 e. The molecule has 0 heterocycles. The lowest BCUT2D eigenvalue weighted by atomic mass is 10.2. The molecular weight excluding hydrogens is 253 g/mol. The van der Waals surface area contributed by atoms with Gasteiger partial charge >= 0.3 is 0 Å². The molecule has 4 heteroatoms. The number of hydrogen-bond donors (Lipinski definition) is 1. The minimum atomic E-state index is -0.391. The molecule has 18 heavy (non-hydrogen) atoms. The molecular formula is C14H11ClFNO. The average Bonchev–Trinajstić information content (AvgIpc) is 2.38. The Morgan fingerprint density at radius 2 is 1.89 bits per heavy atom. The van der Waals surface area contributed by atoms with E-state index in [0.29, 0.717) is 16.1 Å². The Bertz CT molecular complexity index is 557. The highest BCUT2D eigenvalue weighted by Gasteiger charge is 2.06. The molecule has 0 unspecified atom stereocenters. The summed E-state index contributed by atoms with van der Waals surface area (Å²) >= 11 is 5.87. The summed E-state index contributed by atoms with van der Waals surface area (Å²) in [6, 6.07) is 13.0. The average molecular weight is 264 g/mol. The van der Waals surface area contributed by atoms with Gasteiger partial charge in [-0.25, -0.2) is 4.39 Å². The molecule has 2 aromatic carbocycles. The fraction of sp³-hybridized carbons (Fsp3) is 0.0714. The van der Waals surface area contributed by atoms with Crippen molar-refractivity contribution < 1.29 is 9.18 Å². The first-order chi connectivity index (χ1) is 8.66. The third kappa shape index (κ3) is 3.08. The summed E-state index contributed by atoms with van der Waals surface area (Å²) in [6.45, 7) is 0.271. The van der Waals surface area contributed by atoms with Crippen molar-refractivity contribution in [2.24, 2.45) is 0 Å². The number of amides is 1. The number of benzene rings is 2. The molecule has 0 atom stereocenters. The van der Waals surface area contributed by atoms with Gasteiger partial charge in [-0.15, -0.1) is 0 Å². The van der Waals surface area contributed by atoms with Gasteiger partial charge in [-0.1, -0.05) is 35.9 Å². The number of hydrogen-bond acceptors (Lipinski definition) is 1. The summed E-state index contributed by atoms with van der Waals surface area (Å²) in [5.74, 6) is -0.575. The lowest BCUT2D eigenvalue weighted by Crippen LogP contribution is -2.22. The normalized spacial score (nSPS) is 10.1. The van der Waals surface area contributed by atoms with Gasteiger partial charge in [-0.3, -0.25) is 4.79 Å². The number of halogens is 2. The van der Waals surface area contributed by atoms with Crippen LogP contribution in [0.25, 0.3) is 0 Å². The smallest absolute Gasteiger partial charge is 0.251 e. The second kappa shape index (κ2) is 5.65. The van der Waals surface area contributed by atoms with E-state index in [4.69, 9.17) is 11.6 Å². The van der Waals surface area contributed by atoms with Crippen molar-refractivity contribution in [3.63, 3.8) is 0 Å². The van der Waals surface area contributed by atoms with Crippen LogP contribution >= 0.6 is 11.6 Å². The Hall–Kier alpha value is -1.87. The van der Waals surface area contributed by atoms with Crippen LogP contribution in [-0.2, 0) is 6.54 Å². The molecule has 2 aromatic rings. The van der Waals surface area contributed by atoms with Crippen LogP contribution in [0.2, 0.25) is 5.02 Å². The quantitative estimate of drug-likeness (QED) is 0.903. The van der Waals surface area contributed by atoms with E-state index in [1.54, 1.807) is 30.3 Å². The lowest BCUT2D eigenvalue weighted by Gasteiger charge is -2.07. The summed E-state index contributed by atoms with van der Waals surface area (Å²) in [5.41, 5.74) is 1.26. The molecule has 0 aliphatic carbocycles. The van der Waals surface area contributed by atoms with Gasteiger partial charge in [0.25, 0.3) is 5.91 Å². The molecule has 92 valence electrons. The van der Waals surface area contributed by atoms with Gasteiger partial charge in [0, 0.05) is 17.1 Å². The van der Waals surface area contributed by atoms with Crippen LogP contribution in [0.1, 0.15) is 15.9 Å². The first kappa shape index (κ1) is 12.6. The van der Waals surface area contributed by atoms with Crippen molar-refractivity contribution in [3.8, 4) is 0 Å². The Kier molecular flexibility index (Phi) is 3.95. The molecule has 0 radical (unpaired) electrons. The van der Waals surface area contributed by atoms with E-state index in [-0.39, 0.29) is 12.5 Å². The predicted octanol–water partition coefficient (Wildman–Crippen LogP) is 3.41. The van der Waals surface area contributed by atoms with E-state index in [1.807, 2.05) is 6.07 Å². The molecule has 0 saturated heterocycles. The van der Waals surface area contributed by atoms with Gasteiger partial charge in [-0.2, -0.15) is 0 Å². The number of carbonyl (C=O) groups excluding carboxylic acids is 1. The molecule has 0 aromatic heterocycles. The fourth-order valence-corrected chi connectivity index (χ4v) is 1.77. The molecule has 0 aliphatic heterocycles. The molecule has 1 N–H and O–H groups in total. The number of rotatable bonds is 3. The molecule has 0 spiro atoms. The van der Waals surface area contributed by atoms with Crippen LogP contribution in [0.15, 0.2) is 48.5 Å². The maximum Gasteiger partial charge on any atom is 0.251 e. The van der Waals surface area contributed by atoms with Crippen molar-refractivity contribution in [1.29, 1.82) is 0 Å². The van der Waals surface area contributed by atoms with Gasteiger partial charge in [0.15, 0.2) is 0 Å². The fourth-order valence-electron chi connectivity index (χ4n) is 1.53. The van der Waals surface area contributed by atoms with Crippen molar-refractivity contribution in [2.45, 2.75) is 6.54 Å². The summed E-state index contributed by atoms with van der Waals surface area (Å²) < 4.78 is 12.8. The topological polar surface area (TPSA) is 29.1 Å². The maximum atomic E-state index is 12.8. The van der Waals surface area contributed by atoms with E-state index in [1.165, 1.54) is 12.1 Å². The van der Waals surface area contributed by atoms with Gasteiger partial charge in [0.05, 0.1) is 0 Å². The maximum absolute atomic E-state index is 12.8. The Morgan fingerprint density at radius 3 is 2.56 bits per heavy atom. The minimum absolute atomic E-state index is 0.184. The van der Waals surface area contributed by atoms with E-state index in [2.05, 4.69) is 5.32 Å². The molecule has 2 nitrogen and oxygen atoms in total. The Balaban J connectivity index is 2.02. The van der Waals surface area contributed by atoms with Gasteiger partial charge < -0.3 is 5.32 Å². The summed E-state index contributed by atoms with van der Waals surface area (Å²) in [4.78, 5) is 11.8. The zero-order chi connectivity index (χ0) is 13.0. The second-order valence-corrected chi connectivity index (χ2v) is 4.19. The van der Waals surface area contributed by atoms with Crippen molar-refractivity contribution in [1.82, 2.24) is 5.32 Å². The predicted molar refractivity (Wildman–Crippen MR) is 69.0 cm³/mol. The van der Waals surface area contributed by atoms with E-state index in [0.717, 1.165) is 0 Å². The van der Waals surface area contributed by atoms with E-state index in [9.17, 15) is 9.18 Å². The SMILES string of the molecule is O=C(NCc1ccc(F)cc1Cl)c1ccccc1. The minimum Gasteiger partial charge on any atom is -0.348 e. The second-order valence-electron chi connectivity index (χ2n) is 3.78. The van der Waals surface area contributed by atoms with Crippen molar-refractivity contribution in [2.75, 3.05) is 0 Å². The lowest BCUT2D eigenvalue weighted by molar-refractivity contribution is 0.0951. The van der Waals surface area contributed by atoms with Gasteiger partial charge in [-0.05, 0) is 29.8 Å². The van der Waals surface area contributed by atoms with E-state index < -0.39 is 5.82 Å². The highest BCUT2D eigenvalue weighted by atomic mass is 35.5. The molecule has 1 amide bonds.